The molecule has 0 bridgehead atoms. The molecule has 0 aliphatic carbocycles. The summed E-state index contributed by atoms with van der Waals surface area (Å²) in [7, 11) is -1.13. The Bertz CT molecular complexity index is 735. The molecule has 0 radical (unpaired) electrons. The lowest BCUT2D eigenvalue weighted by Crippen LogP contribution is -1.90. The summed E-state index contributed by atoms with van der Waals surface area (Å²) in [5.41, 5.74) is 2.80. The zero-order chi connectivity index (χ0) is 13.6. The fourth-order valence-corrected chi connectivity index (χ4v) is 8.81. The van der Waals surface area contributed by atoms with Crippen LogP contribution in [0.15, 0.2) is 93.5 Å². The van der Waals surface area contributed by atoms with Crippen molar-refractivity contribution in [3.8, 4) is 11.1 Å². The molecule has 3 aromatic carbocycles. The largest absolute Gasteiger partial charge is 0.104 e. The third-order valence-corrected chi connectivity index (χ3v) is 11.0. The van der Waals surface area contributed by atoms with E-state index in [1.807, 2.05) is 0 Å². The van der Waals surface area contributed by atoms with Gasteiger partial charge in [0.05, 0.1) is 0 Å². The van der Waals surface area contributed by atoms with Crippen molar-refractivity contribution in [3.05, 3.63) is 78.9 Å². The number of fused-ring (bicyclic) bond motifs is 3. The van der Waals surface area contributed by atoms with E-state index in [9.17, 15) is 0 Å². The Morgan fingerprint density at radius 3 is 1.55 bits per heavy atom. The molecule has 1 aliphatic rings. The van der Waals surface area contributed by atoms with Gasteiger partial charge in [0, 0.05) is 14.7 Å². The van der Waals surface area contributed by atoms with E-state index in [4.69, 9.17) is 0 Å². The van der Waals surface area contributed by atoms with Gasteiger partial charge >= 0.3 is 0 Å². The second kappa shape index (κ2) is 4.64. The highest BCUT2D eigenvalue weighted by molar-refractivity contribution is 14.2. The summed E-state index contributed by atoms with van der Waals surface area (Å²) >= 11 is 2.70. The first-order valence-corrected chi connectivity index (χ1v) is 10.8. The van der Waals surface area contributed by atoms with Gasteiger partial charge in [0.15, 0.2) is 0 Å². The van der Waals surface area contributed by atoms with Crippen molar-refractivity contribution in [1.29, 1.82) is 0 Å². The van der Waals surface area contributed by atoms with Crippen LogP contribution in [0.4, 0.5) is 0 Å². The van der Waals surface area contributed by atoms with E-state index in [1.54, 1.807) is 0 Å². The zero-order valence-electron chi connectivity index (χ0n) is 10.8. The van der Waals surface area contributed by atoms with E-state index < -0.39 is 7.20 Å². The molecule has 1 heterocycles. The summed E-state index contributed by atoms with van der Waals surface area (Å²) in [6.07, 6.45) is 0. The van der Waals surface area contributed by atoms with Crippen LogP contribution >= 0.6 is 28.4 Å². The quantitative estimate of drug-likeness (QED) is 0.429. The van der Waals surface area contributed by atoms with Crippen LogP contribution in [-0.4, -0.2) is 0 Å². The van der Waals surface area contributed by atoms with Gasteiger partial charge in [-0.3, -0.25) is 0 Å². The first kappa shape index (κ1) is 12.5. The van der Waals surface area contributed by atoms with E-state index in [1.165, 1.54) is 25.8 Å². The molecule has 0 atom stereocenters. The molecule has 3 aromatic rings. The number of halogens is 1. The third-order valence-electron chi connectivity index (χ3n) is 3.74. The van der Waals surface area contributed by atoms with Gasteiger partial charge in [0.2, 0.25) is 0 Å². The van der Waals surface area contributed by atoms with Gasteiger partial charge in [-0.25, -0.2) is 0 Å². The van der Waals surface area contributed by atoms with Crippen LogP contribution in [0.1, 0.15) is 0 Å². The van der Waals surface area contributed by atoms with E-state index in [-0.39, 0.29) is 0 Å². The van der Waals surface area contributed by atoms with Crippen molar-refractivity contribution >= 4 is 28.4 Å². The Labute approximate surface area is 132 Å². The van der Waals surface area contributed by atoms with Crippen molar-refractivity contribution in [2.24, 2.45) is 0 Å². The molecule has 4 rings (SSSR count). The summed E-state index contributed by atoms with van der Waals surface area (Å²) in [6.45, 7) is 0. The SMILES string of the molecule is IS1(c2ccccc2)c2ccccc2-c2ccccc21. The predicted molar refractivity (Wildman–Crippen MR) is 94.7 cm³/mol. The maximum absolute atomic E-state index is 2.70. The van der Waals surface area contributed by atoms with Crippen LogP contribution in [0.5, 0.6) is 0 Å². The second-order valence-electron chi connectivity index (χ2n) is 4.84. The molecule has 0 unspecified atom stereocenters. The molecule has 2 heteroatoms. The topological polar surface area (TPSA) is 0 Å². The Hall–Kier alpha value is -1.26. The van der Waals surface area contributed by atoms with Crippen LogP contribution in [0.3, 0.4) is 0 Å². The normalized spacial score (nSPS) is 16.2. The van der Waals surface area contributed by atoms with Gasteiger partial charge < -0.3 is 0 Å². The van der Waals surface area contributed by atoms with Gasteiger partial charge in [-0.1, -0.05) is 54.6 Å². The molecule has 0 fully saturated rings. The van der Waals surface area contributed by atoms with E-state index in [0.29, 0.717) is 0 Å². The molecule has 0 spiro atoms. The maximum atomic E-state index is 2.70. The molecule has 1 aliphatic heterocycles. The Kier molecular flexibility index (Phi) is 2.89. The van der Waals surface area contributed by atoms with E-state index >= 15 is 0 Å². The summed E-state index contributed by atoms with van der Waals surface area (Å²) in [5, 5.41) is 0. The van der Waals surface area contributed by atoms with E-state index in [0.717, 1.165) is 0 Å². The lowest BCUT2D eigenvalue weighted by molar-refractivity contribution is 1.39. The van der Waals surface area contributed by atoms with Crippen LogP contribution < -0.4 is 0 Å². The van der Waals surface area contributed by atoms with Crippen LogP contribution in [0.25, 0.3) is 11.1 Å². The fourth-order valence-electron chi connectivity index (χ4n) is 2.85. The van der Waals surface area contributed by atoms with Crippen molar-refractivity contribution < 1.29 is 0 Å². The van der Waals surface area contributed by atoms with Crippen LogP contribution in [0, 0.1) is 0 Å². The summed E-state index contributed by atoms with van der Waals surface area (Å²) < 4.78 is 0. The molecule has 0 N–H and O–H groups in total. The highest BCUT2D eigenvalue weighted by Crippen LogP contribution is 2.80. The minimum Gasteiger partial charge on any atom is -0.104 e. The molecular weight excluding hydrogens is 375 g/mol. The number of rotatable bonds is 1. The van der Waals surface area contributed by atoms with Gasteiger partial charge in [-0.2, -0.15) is 0 Å². The van der Waals surface area contributed by atoms with E-state index in [2.05, 4.69) is 100 Å². The Balaban J connectivity index is 2.10. The highest BCUT2D eigenvalue weighted by atomic mass is 127. The Morgan fingerprint density at radius 1 is 0.550 bits per heavy atom. The van der Waals surface area contributed by atoms with Crippen molar-refractivity contribution in [3.63, 3.8) is 0 Å². The van der Waals surface area contributed by atoms with Crippen molar-refractivity contribution in [2.45, 2.75) is 14.7 Å². The number of benzene rings is 3. The fraction of sp³-hybridized carbons (Fsp3) is 0. The van der Waals surface area contributed by atoms with Crippen molar-refractivity contribution in [2.75, 3.05) is 0 Å². The molecular formula is C18H13IS. The zero-order valence-corrected chi connectivity index (χ0v) is 13.8. The molecule has 0 saturated carbocycles. The summed E-state index contributed by atoms with van der Waals surface area (Å²) in [6, 6.07) is 28.6. The van der Waals surface area contributed by atoms with Gasteiger partial charge in [0.1, 0.15) is 0 Å². The molecule has 0 saturated heterocycles. The van der Waals surface area contributed by atoms with Crippen LogP contribution in [-0.2, 0) is 0 Å². The number of hydrogen-bond acceptors (Lipinski definition) is 0. The van der Waals surface area contributed by atoms with Gasteiger partial charge in [0.25, 0.3) is 0 Å². The van der Waals surface area contributed by atoms with Crippen LogP contribution in [0.2, 0.25) is 0 Å². The maximum Gasteiger partial charge on any atom is 0.0149 e. The minimum absolute atomic E-state index is 1.13. The minimum atomic E-state index is -1.13. The molecule has 0 aromatic heterocycles. The number of hydrogen-bond donors (Lipinski definition) is 0. The van der Waals surface area contributed by atoms with Gasteiger partial charge in [-0.15, -0.1) is 7.20 Å². The van der Waals surface area contributed by atoms with Gasteiger partial charge in [-0.05, 0) is 56.6 Å². The third kappa shape index (κ3) is 1.61. The lowest BCUT2D eigenvalue weighted by Gasteiger charge is -2.31. The average Bonchev–Trinajstić information content (AvgIpc) is 2.80. The second-order valence-corrected chi connectivity index (χ2v) is 11.2. The molecule has 20 heavy (non-hydrogen) atoms. The standard InChI is InChI=1S/C18H13IS/c19-20(14-8-2-1-3-9-14)17-12-6-4-10-15(17)16-11-5-7-13-18(16)20/h1-13H. The monoisotopic (exact) mass is 388 g/mol. The highest BCUT2D eigenvalue weighted by Gasteiger charge is 2.37. The lowest BCUT2D eigenvalue weighted by atomic mass is 10.1. The van der Waals surface area contributed by atoms with Crippen molar-refractivity contribution in [1.82, 2.24) is 0 Å². The first-order chi connectivity index (χ1) is 9.82. The molecule has 0 nitrogen and oxygen atoms in total. The average molecular weight is 388 g/mol. The molecule has 98 valence electrons. The predicted octanol–water partition coefficient (Wildman–Crippen LogP) is 6.30. The first-order valence-electron chi connectivity index (χ1n) is 6.58. The smallest absolute Gasteiger partial charge is 0.0149 e. The summed E-state index contributed by atoms with van der Waals surface area (Å²) in [5.74, 6) is 0. The molecule has 0 amide bonds. The Morgan fingerprint density at radius 2 is 1.00 bits per heavy atom. The summed E-state index contributed by atoms with van der Waals surface area (Å²) in [4.78, 5) is 4.39.